The fourth-order valence-electron chi connectivity index (χ4n) is 2.42. The molecule has 6 heteroatoms. The maximum absolute atomic E-state index is 13.1. The second-order valence-electron chi connectivity index (χ2n) is 5.13. The summed E-state index contributed by atoms with van der Waals surface area (Å²) in [6, 6.07) is 11.8. The van der Waals surface area contributed by atoms with Gasteiger partial charge in [0.15, 0.2) is 0 Å². The molecule has 0 heterocycles. The van der Waals surface area contributed by atoms with Crippen LogP contribution in [0.15, 0.2) is 60.0 Å². The second-order valence-corrected chi connectivity index (χ2v) is 6.99. The standard InChI is InChI=1S/C18H21NO4S/c1-5-12-19(16-8-6-7-9-18(16)23-4)24(20,21)15-10-11-17(22-3)14(2)13-15/h5-11,13H,1,12H2,2-4H3. The third-order valence-corrected chi connectivity index (χ3v) is 5.38. The Morgan fingerprint density at radius 1 is 1.08 bits per heavy atom. The molecule has 0 aliphatic heterocycles. The summed E-state index contributed by atoms with van der Waals surface area (Å²) in [7, 11) is -0.710. The van der Waals surface area contributed by atoms with Gasteiger partial charge in [0.25, 0.3) is 10.0 Å². The summed E-state index contributed by atoms with van der Waals surface area (Å²) < 4.78 is 38.0. The minimum absolute atomic E-state index is 0.133. The van der Waals surface area contributed by atoms with Crippen molar-refractivity contribution in [2.45, 2.75) is 11.8 Å². The summed E-state index contributed by atoms with van der Waals surface area (Å²) in [5, 5.41) is 0. The third-order valence-electron chi connectivity index (χ3n) is 3.60. The first kappa shape index (κ1) is 17.9. The van der Waals surface area contributed by atoms with Crippen LogP contribution in [0.1, 0.15) is 5.56 Å². The molecule has 2 aromatic carbocycles. The van der Waals surface area contributed by atoms with Gasteiger partial charge in [-0.05, 0) is 42.8 Å². The van der Waals surface area contributed by atoms with E-state index in [1.165, 1.54) is 17.5 Å². The lowest BCUT2D eigenvalue weighted by atomic mass is 10.2. The van der Waals surface area contributed by atoms with Crippen LogP contribution in [0.2, 0.25) is 0 Å². The molecule has 0 unspecified atom stereocenters. The van der Waals surface area contributed by atoms with Crippen LogP contribution in [0.25, 0.3) is 0 Å². The van der Waals surface area contributed by atoms with Crippen LogP contribution >= 0.6 is 0 Å². The minimum Gasteiger partial charge on any atom is -0.496 e. The SMILES string of the molecule is C=CCN(c1ccccc1OC)S(=O)(=O)c1ccc(OC)c(C)c1. The maximum Gasteiger partial charge on any atom is 0.264 e. The van der Waals surface area contributed by atoms with Crippen LogP contribution in [0.3, 0.4) is 0 Å². The fourth-order valence-corrected chi connectivity index (χ4v) is 3.95. The molecule has 0 aromatic heterocycles. The van der Waals surface area contributed by atoms with Crippen LogP contribution in [0.5, 0.6) is 11.5 Å². The number of hydrogen-bond donors (Lipinski definition) is 0. The topological polar surface area (TPSA) is 55.8 Å². The Bertz CT molecular complexity index is 831. The molecular formula is C18H21NO4S. The van der Waals surface area contributed by atoms with E-state index in [0.717, 1.165) is 5.56 Å². The first-order valence-electron chi connectivity index (χ1n) is 7.37. The number of benzene rings is 2. The first-order chi connectivity index (χ1) is 11.5. The summed E-state index contributed by atoms with van der Waals surface area (Å²) in [4.78, 5) is 0.188. The zero-order valence-corrected chi connectivity index (χ0v) is 14.8. The summed E-state index contributed by atoms with van der Waals surface area (Å²) in [6.45, 7) is 5.60. The Morgan fingerprint density at radius 3 is 2.33 bits per heavy atom. The Morgan fingerprint density at radius 2 is 1.75 bits per heavy atom. The molecule has 0 radical (unpaired) electrons. The van der Waals surface area contributed by atoms with E-state index in [1.807, 2.05) is 0 Å². The van der Waals surface area contributed by atoms with Crippen molar-refractivity contribution < 1.29 is 17.9 Å². The Hall–Kier alpha value is -2.47. The van der Waals surface area contributed by atoms with Gasteiger partial charge in [-0.25, -0.2) is 8.42 Å². The number of hydrogen-bond acceptors (Lipinski definition) is 4. The average molecular weight is 347 g/mol. The maximum atomic E-state index is 13.1. The van der Waals surface area contributed by atoms with E-state index in [1.54, 1.807) is 56.5 Å². The van der Waals surface area contributed by atoms with Crippen LogP contribution in [-0.2, 0) is 10.0 Å². The number of sulfonamides is 1. The van der Waals surface area contributed by atoms with Gasteiger partial charge in [0.2, 0.25) is 0 Å². The number of anilines is 1. The molecular weight excluding hydrogens is 326 g/mol. The average Bonchev–Trinajstić information content (AvgIpc) is 2.59. The van der Waals surface area contributed by atoms with Crippen LogP contribution < -0.4 is 13.8 Å². The highest BCUT2D eigenvalue weighted by molar-refractivity contribution is 7.92. The lowest BCUT2D eigenvalue weighted by Crippen LogP contribution is -2.31. The predicted octanol–water partition coefficient (Wildman–Crippen LogP) is 3.39. The molecule has 0 amide bonds. The quantitative estimate of drug-likeness (QED) is 0.721. The summed E-state index contributed by atoms with van der Waals surface area (Å²) in [6.07, 6.45) is 1.54. The van der Waals surface area contributed by atoms with Gasteiger partial charge in [-0.1, -0.05) is 18.2 Å². The summed E-state index contributed by atoms with van der Waals surface area (Å²) in [5.41, 5.74) is 1.21. The molecule has 0 aliphatic carbocycles. The molecule has 128 valence electrons. The van der Waals surface area contributed by atoms with E-state index in [0.29, 0.717) is 17.2 Å². The molecule has 0 N–H and O–H groups in total. The largest absolute Gasteiger partial charge is 0.496 e. The van der Waals surface area contributed by atoms with Crippen molar-refractivity contribution in [1.29, 1.82) is 0 Å². The van der Waals surface area contributed by atoms with Gasteiger partial charge >= 0.3 is 0 Å². The van der Waals surface area contributed by atoms with Gasteiger partial charge in [0, 0.05) is 0 Å². The summed E-state index contributed by atoms with van der Waals surface area (Å²) >= 11 is 0. The van der Waals surface area contributed by atoms with Gasteiger partial charge in [-0.3, -0.25) is 4.31 Å². The molecule has 2 rings (SSSR count). The monoisotopic (exact) mass is 347 g/mol. The van der Waals surface area contributed by atoms with Gasteiger partial charge < -0.3 is 9.47 Å². The van der Waals surface area contributed by atoms with Crippen LogP contribution in [0.4, 0.5) is 5.69 Å². The number of methoxy groups -OCH3 is 2. The number of ether oxygens (including phenoxy) is 2. The van der Waals surface area contributed by atoms with E-state index < -0.39 is 10.0 Å². The van der Waals surface area contributed by atoms with Crippen molar-refractivity contribution in [3.8, 4) is 11.5 Å². The lowest BCUT2D eigenvalue weighted by Gasteiger charge is -2.25. The third kappa shape index (κ3) is 3.38. The van der Waals surface area contributed by atoms with Crippen molar-refractivity contribution in [3.63, 3.8) is 0 Å². The number of nitrogens with zero attached hydrogens (tertiary/aromatic N) is 1. The highest BCUT2D eigenvalue weighted by atomic mass is 32.2. The highest BCUT2D eigenvalue weighted by Gasteiger charge is 2.26. The van der Waals surface area contributed by atoms with Gasteiger partial charge in [0.05, 0.1) is 31.3 Å². The Kier molecular flexibility index (Phi) is 5.51. The predicted molar refractivity (Wildman–Crippen MR) is 95.5 cm³/mol. The molecule has 24 heavy (non-hydrogen) atoms. The highest BCUT2D eigenvalue weighted by Crippen LogP contribution is 2.33. The number of aryl methyl sites for hydroxylation is 1. The van der Waals surface area contributed by atoms with Crippen LogP contribution in [-0.4, -0.2) is 29.2 Å². The zero-order chi connectivity index (χ0) is 17.7. The van der Waals surface area contributed by atoms with Crippen molar-refractivity contribution in [1.82, 2.24) is 0 Å². The van der Waals surface area contributed by atoms with E-state index in [4.69, 9.17) is 9.47 Å². The molecule has 0 saturated carbocycles. The van der Waals surface area contributed by atoms with Crippen molar-refractivity contribution in [2.24, 2.45) is 0 Å². The zero-order valence-electron chi connectivity index (χ0n) is 14.0. The Balaban J connectivity index is 2.57. The normalized spacial score (nSPS) is 11.0. The Labute approximate surface area is 143 Å². The number of para-hydroxylation sites is 2. The lowest BCUT2D eigenvalue weighted by molar-refractivity contribution is 0.411. The molecule has 0 spiro atoms. The van der Waals surface area contributed by atoms with Crippen molar-refractivity contribution in [3.05, 3.63) is 60.7 Å². The van der Waals surface area contributed by atoms with E-state index in [9.17, 15) is 8.42 Å². The molecule has 0 atom stereocenters. The molecule has 5 nitrogen and oxygen atoms in total. The smallest absolute Gasteiger partial charge is 0.264 e. The number of rotatable bonds is 7. The first-order valence-corrected chi connectivity index (χ1v) is 8.81. The van der Waals surface area contributed by atoms with Crippen LogP contribution in [0, 0.1) is 6.92 Å². The van der Waals surface area contributed by atoms with E-state index in [-0.39, 0.29) is 11.4 Å². The van der Waals surface area contributed by atoms with Crippen molar-refractivity contribution >= 4 is 15.7 Å². The molecule has 0 bridgehead atoms. The van der Waals surface area contributed by atoms with Gasteiger partial charge in [-0.15, -0.1) is 6.58 Å². The van der Waals surface area contributed by atoms with Gasteiger partial charge in [0.1, 0.15) is 11.5 Å². The van der Waals surface area contributed by atoms with Crippen molar-refractivity contribution in [2.75, 3.05) is 25.1 Å². The second kappa shape index (κ2) is 7.40. The molecule has 0 fully saturated rings. The molecule has 2 aromatic rings. The molecule has 0 saturated heterocycles. The van der Waals surface area contributed by atoms with Gasteiger partial charge in [-0.2, -0.15) is 0 Å². The van der Waals surface area contributed by atoms with E-state index >= 15 is 0 Å². The fraction of sp³-hybridized carbons (Fsp3) is 0.222. The molecule has 0 aliphatic rings. The van der Waals surface area contributed by atoms with E-state index in [2.05, 4.69) is 6.58 Å². The summed E-state index contributed by atoms with van der Waals surface area (Å²) in [5.74, 6) is 1.12. The minimum atomic E-state index is -3.77.